The van der Waals surface area contributed by atoms with Crippen molar-refractivity contribution < 1.29 is 4.79 Å². The van der Waals surface area contributed by atoms with Gasteiger partial charge in [0.1, 0.15) is 5.78 Å². The molecule has 21 heavy (non-hydrogen) atoms. The number of benzene rings is 1. The van der Waals surface area contributed by atoms with Crippen molar-refractivity contribution in [2.45, 2.75) is 64.7 Å². The third kappa shape index (κ3) is 1.73. The van der Waals surface area contributed by atoms with Gasteiger partial charge in [-0.05, 0) is 79.5 Å². The molecular weight excluding hydrogens is 256 g/mol. The van der Waals surface area contributed by atoms with E-state index in [0.717, 1.165) is 37.0 Å². The van der Waals surface area contributed by atoms with E-state index in [1.807, 2.05) is 0 Å². The maximum atomic E-state index is 12.3. The smallest absolute Gasteiger partial charge is 0.133 e. The van der Waals surface area contributed by atoms with Gasteiger partial charge >= 0.3 is 0 Å². The van der Waals surface area contributed by atoms with Gasteiger partial charge in [-0.25, -0.2) is 0 Å². The van der Waals surface area contributed by atoms with Gasteiger partial charge < -0.3 is 0 Å². The van der Waals surface area contributed by atoms with E-state index in [-0.39, 0.29) is 5.41 Å². The molecule has 0 aromatic heterocycles. The molecule has 4 rings (SSSR count). The van der Waals surface area contributed by atoms with Crippen LogP contribution in [0.1, 0.15) is 61.3 Å². The topological polar surface area (TPSA) is 17.1 Å². The number of aryl methyl sites for hydroxylation is 1. The molecule has 3 aliphatic rings. The minimum Gasteiger partial charge on any atom is -0.300 e. The summed E-state index contributed by atoms with van der Waals surface area (Å²) in [5, 5.41) is 0. The molecule has 2 bridgehead atoms. The van der Waals surface area contributed by atoms with E-state index in [0.29, 0.717) is 5.78 Å². The van der Waals surface area contributed by atoms with Crippen LogP contribution in [0.25, 0.3) is 0 Å². The minimum atomic E-state index is 0.191. The van der Waals surface area contributed by atoms with Crippen LogP contribution in [-0.2, 0) is 16.6 Å². The molecule has 2 fully saturated rings. The summed E-state index contributed by atoms with van der Waals surface area (Å²) >= 11 is 0. The van der Waals surface area contributed by atoms with Crippen LogP contribution in [0.3, 0.4) is 0 Å². The Morgan fingerprint density at radius 1 is 1.19 bits per heavy atom. The van der Waals surface area contributed by atoms with Crippen molar-refractivity contribution in [3.05, 3.63) is 34.4 Å². The van der Waals surface area contributed by atoms with E-state index in [1.54, 1.807) is 11.1 Å². The molecule has 0 aliphatic heterocycles. The lowest BCUT2D eigenvalue weighted by Gasteiger charge is -2.57. The quantitative estimate of drug-likeness (QED) is 0.684. The first kappa shape index (κ1) is 13.5. The van der Waals surface area contributed by atoms with E-state index in [9.17, 15) is 4.79 Å². The predicted molar refractivity (Wildman–Crippen MR) is 85.5 cm³/mol. The van der Waals surface area contributed by atoms with Crippen molar-refractivity contribution in [2.75, 3.05) is 0 Å². The lowest BCUT2D eigenvalue weighted by molar-refractivity contribution is -0.126. The fourth-order valence-corrected chi connectivity index (χ4v) is 5.89. The Bertz CT molecular complexity index is 615. The predicted octanol–water partition coefficient (Wildman–Crippen LogP) is 4.51. The number of Topliss-reactive ketones (excluding diaryl/α,β-unsaturated/α-hetero) is 1. The van der Waals surface area contributed by atoms with Crippen LogP contribution in [0.4, 0.5) is 0 Å². The molecule has 0 amide bonds. The largest absolute Gasteiger partial charge is 0.300 e. The first-order chi connectivity index (χ1) is 10.0. The second-order valence-corrected chi connectivity index (χ2v) is 7.94. The Morgan fingerprint density at radius 3 is 2.81 bits per heavy atom. The standard InChI is InChI=1S/C20H26O/c1-12-4-5-15-10-17-13(2)8-9-20(19(15)14(12)3)11-16(21)6-7-18(17)20/h4-5,13,17-18H,6-11H2,1-3H3. The zero-order chi connectivity index (χ0) is 14.8. The number of carbonyl (C=O) groups excluding carboxylic acids is 1. The van der Waals surface area contributed by atoms with Gasteiger partial charge in [-0.2, -0.15) is 0 Å². The van der Waals surface area contributed by atoms with Gasteiger partial charge in [0.15, 0.2) is 0 Å². The third-order valence-electron chi connectivity index (χ3n) is 7.03. The molecule has 1 aromatic rings. The molecular formula is C20H26O. The van der Waals surface area contributed by atoms with Crippen LogP contribution in [0.15, 0.2) is 12.1 Å². The van der Waals surface area contributed by atoms with Crippen LogP contribution in [0.5, 0.6) is 0 Å². The van der Waals surface area contributed by atoms with E-state index >= 15 is 0 Å². The number of hydrogen-bond acceptors (Lipinski definition) is 1. The summed E-state index contributed by atoms with van der Waals surface area (Å²) in [6.07, 6.45) is 6.58. The Hall–Kier alpha value is -1.11. The molecule has 0 saturated heterocycles. The van der Waals surface area contributed by atoms with Crippen LogP contribution >= 0.6 is 0 Å². The number of ketones is 1. The van der Waals surface area contributed by atoms with Crippen molar-refractivity contribution in [1.29, 1.82) is 0 Å². The van der Waals surface area contributed by atoms with Crippen LogP contribution in [0.2, 0.25) is 0 Å². The number of hydrogen-bond donors (Lipinski definition) is 0. The van der Waals surface area contributed by atoms with Crippen LogP contribution in [0, 0.1) is 31.6 Å². The molecule has 1 aromatic carbocycles. The zero-order valence-electron chi connectivity index (χ0n) is 13.5. The summed E-state index contributed by atoms with van der Waals surface area (Å²) in [7, 11) is 0. The Kier molecular flexibility index (Phi) is 2.87. The average molecular weight is 282 g/mol. The highest BCUT2D eigenvalue weighted by atomic mass is 16.1. The molecule has 112 valence electrons. The third-order valence-corrected chi connectivity index (χ3v) is 7.03. The molecule has 3 aliphatic carbocycles. The molecule has 0 heterocycles. The van der Waals surface area contributed by atoms with E-state index in [1.165, 1.54) is 30.4 Å². The SMILES string of the molecule is Cc1ccc2c(c1C)C13CCC(C)C(C2)C1CCC(=O)C3. The molecule has 1 nitrogen and oxygen atoms in total. The van der Waals surface area contributed by atoms with Crippen molar-refractivity contribution in [3.63, 3.8) is 0 Å². The summed E-state index contributed by atoms with van der Waals surface area (Å²) in [6.45, 7) is 6.96. The second-order valence-electron chi connectivity index (χ2n) is 7.94. The molecule has 0 N–H and O–H groups in total. The van der Waals surface area contributed by atoms with Crippen LogP contribution < -0.4 is 0 Å². The molecule has 2 saturated carbocycles. The normalized spacial score (nSPS) is 37.9. The van der Waals surface area contributed by atoms with Crippen molar-refractivity contribution in [1.82, 2.24) is 0 Å². The zero-order valence-corrected chi connectivity index (χ0v) is 13.5. The Balaban J connectivity index is 1.96. The molecule has 0 radical (unpaired) electrons. The molecule has 1 heteroatoms. The number of rotatable bonds is 0. The van der Waals surface area contributed by atoms with Gasteiger partial charge in [0.05, 0.1) is 0 Å². The highest BCUT2D eigenvalue weighted by molar-refractivity contribution is 5.81. The first-order valence-electron chi connectivity index (χ1n) is 8.64. The maximum absolute atomic E-state index is 12.3. The fraction of sp³-hybridized carbons (Fsp3) is 0.650. The minimum absolute atomic E-state index is 0.191. The average Bonchev–Trinajstić information content (AvgIpc) is 2.46. The summed E-state index contributed by atoms with van der Waals surface area (Å²) in [5.74, 6) is 2.90. The van der Waals surface area contributed by atoms with Gasteiger partial charge in [-0.3, -0.25) is 4.79 Å². The van der Waals surface area contributed by atoms with Gasteiger partial charge in [0.2, 0.25) is 0 Å². The number of carbonyl (C=O) groups is 1. The lowest BCUT2D eigenvalue weighted by atomic mass is 9.46. The Labute approximate surface area is 128 Å². The van der Waals surface area contributed by atoms with E-state index in [2.05, 4.69) is 32.9 Å². The maximum Gasteiger partial charge on any atom is 0.133 e. The van der Waals surface area contributed by atoms with Crippen LogP contribution in [-0.4, -0.2) is 5.78 Å². The highest BCUT2D eigenvalue weighted by Crippen LogP contribution is 2.60. The van der Waals surface area contributed by atoms with Gasteiger partial charge in [-0.1, -0.05) is 19.1 Å². The molecule has 0 spiro atoms. The monoisotopic (exact) mass is 282 g/mol. The second kappa shape index (κ2) is 4.44. The number of fused-ring (bicyclic) bond motifs is 1. The van der Waals surface area contributed by atoms with Gasteiger partial charge in [0, 0.05) is 18.3 Å². The summed E-state index contributed by atoms with van der Waals surface area (Å²) < 4.78 is 0. The molecule has 4 unspecified atom stereocenters. The fourth-order valence-electron chi connectivity index (χ4n) is 5.89. The van der Waals surface area contributed by atoms with E-state index in [4.69, 9.17) is 0 Å². The summed E-state index contributed by atoms with van der Waals surface area (Å²) in [5.41, 5.74) is 6.21. The van der Waals surface area contributed by atoms with Gasteiger partial charge in [0.25, 0.3) is 0 Å². The highest BCUT2D eigenvalue weighted by Gasteiger charge is 2.55. The van der Waals surface area contributed by atoms with Crippen molar-refractivity contribution >= 4 is 5.78 Å². The van der Waals surface area contributed by atoms with Crippen molar-refractivity contribution in [3.8, 4) is 0 Å². The summed E-state index contributed by atoms with van der Waals surface area (Å²) in [4.78, 5) is 12.3. The lowest BCUT2D eigenvalue weighted by Crippen LogP contribution is -2.53. The summed E-state index contributed by atoms with van der Waals surface area (Å²) in [6, 6.07) is 4.65. The molecule has 4 atom stereocenters. The first-order valence-corrected chi connectivity index (χ1v) is 8.64. The van der Waals surface area contributed by atoms with E-state index < -0.39 is 0 Å². The van der Waals surface area contributed by atoms with Gasteiger partial charge in [-0.15, -0.1) is 0 Å². The Morgan fingerprint density at radius 2 is 2.00 bits per heavy atom. The van der Waals surface area contributed by atoms with Crippen molar-refractivity contribution in [2.24, 2.45) is 17.8 Å².